The fourth-order valence-electron chi connectivity index (χ4n) is 4.44. The Morgan fingerprint density at radius 1 is 1.03 bits per heavy atom. The van der Waals surface area contributed by atoms with Gasteiger partial charge < -0.3 is 20.3 Å². The van der Waals surface area contributed by atoms with Crippen molar-refractivity contribution in [2.45, 2.75) is 43.7 Å². The Labute approximate surface area is 174 Å². The molecule has 0 bridgehead atoms. The predicted octanol–water partition coefficient (Wildman–Crippen LogP) is 3.56. The first-order chi connectivity index (χ1) is 14.1. The predicted molar refractivity (Wildman–Crippen MR) is 120 cm³/mol. The van der Waals surface area contributed by atoms with Crippen LogP contribution in [0.25, 0.3) is 0 Å². The van der Waals surface area contributed by atoms with Gasteiger partial charge in [0.25, 0.3) is 0 Å². The van der Waals surface area contributed by atoms with Gasteiger partial charge in [0.15, 0.2) is 5.96 Å². The Bertz CT molecular complexity index is 845. The lowest BCUT2D eigenvalue weighted by atomic mass is 9.96. The number of para-hydroxylation sites is 2. The van der Waals surface area contributed by atoms with Crippen molar-refractivity contribution in [3.63, 3.8) is 0 Å². The molecule has 2 aliphatic rings. The molecule has 2 N–H and O–H groups in total. The number of ether oxygens (including phenoxy) is 1. The van der Waals surface area contributed by atoms with E-state index in [0.717, 1.165) is 44.1 Å². The van der Waals surface area contributed by atoms with Gasteiger partial charge in [0.05, 0.1) is 7.11 Å². The van der Waals surface area contributed by atoms with E-state index >= 15 is 0 Å². The maximum Gasteiger partial charge on any atom is 0.191 e. The molecule has 2 aromatic rings. The van der Waals surface area contributed by atoms with Gasteiger partial charge in [-0.05, 0) is 37.5 Å². The summed E-state index contributed by atoms with van der Waals surface area (Å²) in [6.07, 6.45) is 3.31. The number of piperidine rings is 1. The van der Waals surface area contributed by atoms with Crippen LogP contribution in [0.5, 0.6) is 5.75 Å². The second-order valence-corrected chi connectivity index (χ2v) is 8.33. The Kier molecular flexibility index (Phi) is 5.65. The van der Waals surface area contributed by atoms with E-state index in [1.807, 2.05) is 19.2 Å². The minimum Gasteiger partial charge on any atom is -0.496 e. The minimum atomic E-state index is 0.0842. The molecule has 1 saturated carbocycles. The number of methoxy groups -OCH3 is 1. The third-order valence-corrected chi connectivity index (χ3v) is 6.45. The Morgan fingerprint density at radius 3 is 2.41 bits per heavy atom. The van der Waals surface area contributed by atoms with E-state index in [4.69, 9.17) is 4.74 Å². The molecular weight excluding hydrogens is 360 g/mol. The SMILES string of the molecule is CN=C(NC1CCN(c2ccccc2)CC1)NC1CC1(C)c1ccccc1OC. The first-order valence-corrected chi connectivity index (χ1v) is 10.6. The van der Waals surface area contributed by atoms with Crippen LogP contribution in [-0.2, 0) is 5.41 Å². The van der Waals surface area contributed by atoms with Gasteiger partial charge in [-0.1, -0.05) is 43.3 Å². The van der Waals surface area contributed by atoms with Crippen LogP contribution < -0.4 is 20.3 Å². The van der Waals surface area contributed by atoms with Gasteiger partial charge in [0.2, 0.25) is 0 Å². The summed E-state index contributed by atoms with van der Waals surface area (Å²) in [4.78, 5) is 6.96. The molecule has 2 atom stereocenters. The van der Waals surface area contributed by atoms with Gasteiger partial charge in [-0.2, -0.15) is 0 Å². The molecule has 5 heteroatoms. The van der Waals surface area contributed by atoms with Gasteiger partial charge in [0.1, 0.15) is 5.75 Å². The van der Waals surface area contributed by atoms with Crippen LogP contribution in [-0.4, -0.2) is 45.3 Å². The lowest BCUT2D eigenvalue weighted by Crippen LogP contribution is -2.49. The molecule has 2 fully saturated rings. The highest BCUT2D eigenvalue weighted by atomic mass is 16.5. The molecule has 154 valence electrons. The van der Waals surface area contributed by atoms with Crippen LogP contribution >= 0.6 is 0 Å². The number of benzene rings is 2. The second-order valence-electron chi connectivity index (χ2n) is 8.33. The number of hydrogen-bond acceptors (Lipinski definition) is 3. The molecule has 1 saturated heterocycles. The van der Waals surface area contributed by atoms with E-state index in [-0.39, 0.29) is 5.41 Å². The zero-order valence-corrected chi connectivity index (χ0v) is 17.7. The number of hydrogen-bond donors (Lipinski definition) is 2. The first kappa shape index (κ1) is 19.6. The molecule has 2 aromatic carbocycles. The van der Waals surface area contributed by atoms with Crippen molar-refractivity contribution in [3.05, 3.63) is 60.2 Å². The van der Waals surface area contributed by atoms with Crippen molar-refractivity contribution >= 4 is 11.6 Å². The number of nitrogens with one attached hydrogen (secondary N) is 2. The van der Waals surface area contributed by atoms with Crippen LogP contribution in [0.4, 0.5) is 5.69 Å². The molecule has 2 unspecified atom stereocenters. The summed E-state index contributed by atoms with van der Waals surface area (Å²) in [6, 6.07) is 19.8. The summed E-state index contributed by atoms with van der Waals surface area (Å²) in [5.41, 5.74) is 2.67. The van der Waals surface area contributed by atoms with Gasteiger partial charge in [-0.25, -0.2) is 0 Å². The zero-order valence-electron chi connectivity index (χ0n) is 17.7. The standard InChI is InChI=1S/C24H32N4O/c1-24(20-11-7-8-12-21(20)29-3)17-22(24)27-23(25-2)26-18-13-15-28(16-14-18)19-9-5-4-6-10-19/h4-12,18,22H,13-17H2,1-3H3,(H2,25,26,27). The summed E-state index contributed by atoms with van der Waals surface area (Å²) in [7, 11) is 3.60. The van der Waals surface area contributed by atoms with Crippen molar-refractivity contribution in [1.29, 1.82) is 0 Å². The van der Waals surface area contributed by atoms with Gasteiger partial charge in [-0.15, -0.1) is 0 Å². The van der Waals surface area contributed by atoms with Crippen molar-refractivity contribution in [2.24, 2.45) is 4.99 Å². The molecule has 29 heavy (non-hydrogen) atoms. The molecule has 0 aromatic heterocycles. The third-order valence-electron chi connectivity index (χ3n) is 6.45. The molecule has 1 aliphatic carbocycles. The summed E-state index contributed by atoms with van der Waals surface area (Å²) >= 11 is 0. The van der Waals surface area contributed by atoms with Crippen molar-refractivity contribution in [1.82, 2.24) is 10.6 Å². The molecule has 5 nitrogen and oxygen atoms in total. The van der Waals surface area contributed by atoms with E-state index in [1.54, 1.807) is 7.11 Å². The van der Waals surface area contributed by atoms with Crippen LogP contribution in [0.3, 0.4) is 0 Å². The molecule has 1 aliphatic heterocycles. The van der Waals surface area contributed by atoms with E-state index < -0.39 is 0 Å². The molecule has 1 heterocycles. The third kappa shape index (κ3) is 4.19. The molecular formula is C24H32N4O. The van der Waals surface area contributed by atoms with E-state index in [0.29, 0.717) is 12.1 Å². The summed E-state index contributed by atoms with van der Waals surface area (Å²) < 4.78 is 5.58. The molecule has 0 radical (unpaired) electrons. The highest BCUT2D eigenvalue weighted by Crippen LogP contribution is 2.50. The topological polar surface area (TPSA) is 48.9 Å². The number of nitrogens with zero attached hydrogens (tertiary/aromatic N) is 2. The number of anilines is 1. The van der Waals surface area contributed by atoms with Crippen molar-refractivity contribution in [2.75, 3.05) is 32.1 Å². The maximum absolute atomic E-state index is 5.58. The average molecular weight is 393 g/mol. The lowest BCUT2D eigenvalue weighted by molar-refractivity contribution is 0.404. The normalized spacial score (nSPS) is 24.9. The fourth-order valence-corrected chi connectivity index (χ4v) is 4.44. The fraction of sp³-hybridized carbons (Fsp3) is 0.458. The maximum atomic E-state index is 5.58. The highest BCUT2D eigenvalue weighted by molar-refractivity contribution is 5.81. The summed E-state index contributed by atoms with van der Waals surface area (Å²) in [5.74, 6) is 1.88. The quantitative estimate of drug-likeness (QED) is 0.603. The van der Waals surface area contributed by atoms with E-state index in [1.165, 1.54) is 11.3 Å². The monoisotopic (exact) mass is 392 g/mol. The summed E-state index contributed by atoms with van der Waals surface area (Å²) in [6.45, 7) is 4.44. The number of aliphatic imine (C=N–C) groups is 1. The van der Waals surface area contributed by atoms with E-state index in [2.05, 4.69) is 69.9 Å². The second kappa shape index (κ2) is 8.36. The van der Waals surface area contributed by atoms with Crippen LogP contribution in [0.2, 0.25) is 0 Å². The van der Waals surface area contributed by atoms with Crippen LogP contribution in [0.1, 0.15) is 31.7 Å². The highest BCUT2D eigenvalue weighted by Gasteiger charge is 2.53. The zero-order chi connectivity index (χ0) is 20.3. The van der Waals surface area contributed by atoms with Crippen molar-refractivity contribution in [3.8, 4) is 5.75 Å². The Balaban J connectivity index is 1.31. The number of guanidine groups is 1. The Morgan fingerprint density at radius 2 is 1.72 bits per heavy atom. The van der Waals surface area contributed by atoms with Crippen LogP contribution in [0.15, 0.2) is 59.6 Å². The molecule has 0 amide bonds. The van der Waals surface area contributed by atoms with E-state index in [9.17, 15) is 0 Å². The van der Waals surface area contributed by atoms with Gasteiger partial charge in [-0.3, -0.25) is 4.99 Å². The first-order valence-electron chi connectivity index (χ1n) is 10.6. The lowest BCUT2D eigenvalue weighted by Gasteiger charge is -2.34. The largest absolute Gasteiger partial charge is 0.496 e. The van der Waals surface area contributed by atoms with Gasteiger partial charge >= 0.3 is 0 Å². The smallest absolute Gasteiger partial charge is 0.191 e. The minimum absolute atomic E-state index is 0.0842. The van der Waals surface area contributed by atoms with Crippen molar-refractivity contribution < 1.29 is 4.74 Å². The molecule has 0 spiro atoms. The Hall–Kier alpha value is -2.69. The van der Waals surface area contributed by atoms with Gasteiger partial charge in [0, 0.05) is 48.9 Å². The average Bonchev–Trinajstić information content (AvgIpc) is 3.44. The van der Waals surface area contributed by atoms with Crippen LogP contribution in [0, 0.1) is 0 Å². The molecule has 4 rings (SSSR count). The summed E-state index contributed by atoms with van der Waals surface area (Å²) in [5, 5.41) is 7.29. The number of rotatable bonds is 5.